The van der Waals surface area contributed by atoms with Gasteiger partial charge in [0.05, 0.1) is 0 Å². The fourth-order valence-corrected chi connectivity index (χ4v) is 2.03. The van der Waals surface area contributed by atoms with Gasteiger partial charge in [-0.3, -0.25) is 4.79 Å². The van der Waals surface area contributed by atoms with Gasteiger partial charge in [-0.25, -0.2) is 0 Å². The third-order valence-corrected chi connectivity index (χ3v) is 3.29. The molecule has 0 heterocycles. The molecule has 1 N–H and O–H groups in total. The van der Waals surface area contributed by atoms with Crippen molar-refractivity contribution in [3.63, 3.8) is 0 Å². The van der Waals surface area contributed by atoms with Crippen molar-refractivity contribution in [2.24, 2.45) is 0 Å². The quantitative estimate of drug-likeness (QED) is 0.841. The summed E-state index contributed by atoms with van der Waals surface area (Å²) < 4.78 is 5.85. The molecule has 0 saturated heterocycles. The maximum absolute atomic E-state index is 11.1. The summed E-state index contributed by atoms with van der Waals surface area (Å²) in [5.41, 5.74) is 2.98. The molecule has 0 fully saturated rings. The highest BCUT2D eigenvalue weighted by Gasteiger charge is 2.25. The van der Waals surface area contributed by atoms with E-state index in [1.165, 1.54) is 0 Å². The first-order valence-electron chi connectivity index (χ1n) is 6.26. The van der Waals surface area contributed by atoms with E-state index in [0.717, 1.165) is 34.1 Å². The molecule has 0 spiro atoms. The predicted octanol–water partition coefficient (Wildman–Crippen LogP) is 3.71. The van der Waals surface area contributed by atoms with Crippen LogP contribution in [0.5, 0.6) is 11.5 Å². The molecule has 0 radical (unpaired) electrons. The minimum atomic E-state index is -0.912. The summed E-state index contributed by atoms with van der Waals surface area (Å²) in [6, 6.07) is 0. The van der Waals surface area contributed by atoms with Crippen LogP contribution in [-0.4, -0.2) is 17.0 Å². The molecule has 0 saturated carbocycles. The highest BCUT2D eigenvalue weighted by molar-refractivity contribution is 5.76. The van der Waals surface area contributed by atoms with Crippen molar-refractivity contribution in [2.45, 2.75) is 47.1 Å². The molecule has 0 aliphatic heterocycles. The van der Waals surface area contributed by atoms with Crippen LogP contribution in [0.3, 0.4) is 0 Å². The first kappa shape index (κ1) is 15.3. The van der Waals surface area contributed by atoms with E-state index in [2.05, 4.69) is 6.58 Å². The van der Waals surface area contributed by atoms with Crippen LogP contribution < -0.4 is 4.74 Å². The summed E-state index contributed by atoms with van der Waals surface area (Å²) in [5, 5.41) is 10.1. The maximum atomic E-state index is 11.1. The van der Waals surface area contributed by atoms with Crippen molar-refractivity contribution in [2.75, 3.05) is 0 Å². The fourth-order valence-electron chi connectivity index (χ4n) is 2.03. The van der Waals surface area contributed by atoms with Crippen LogP contribution in [0.2, 0.25) is 0 Å². The first-order chi connectivity index (χ1) is 8.62. The third-order valence-electron chi connectivity index (χ3n) is 3.29. The number of allylic oxidation sites excluding steroid dienone is 1. The van der Waals surface area contributed by atoms with E-state index < -0.39 is 5.60 Å². The van der Waals surface area contributed by atoms with Gasteiger partial charge in [0.25, 0.3) is 0 Å². The number of aldehydes is 1. The summed E-state index contributed by atoms with van der Waals surface area (Å²) in [5.74, 6) is 0.879. The Hall–Kier alpha value is -1.77. The van der Waals surface area contributed by atoms with Gasteiger partial charge in [-0.15, -0.1) is 0 Å². The van der Waals surface area contributed by atoms with Gasteiger partial charge in [-0.05, 0) is 58.2 Å². The van der Waals surface area contributed by atoms with E-state index in [-0.39, 0.29) is 5.75 Å². The number of phenolic OH excluding ortho intramolecular Hbond substituents is 1. The Balaban J connectivity index is 3.62. The molecule has 3 nitrogen and oxygen atoms in total. The summed E-state index contributed by atoms with van der Waals surface area (Å²) in [6.07, 6.45) is 0.770. The molecule has 0 amide bonds. The Morgan fingerprint density at radius 1 is 1.21 bits per heavy atom. The highest BCUT2D eigenvalue weighted by atomic mass is 16.5. The van der Waals surface area contributed by atoms with E-state index >= 15 is 0 Å². The average Bonchev–Trinajstić information content (AvgIpc) is 2.33. The van der Waals surface area contributed by atoms with Crippen LogP contribution in [0.4, 0.5) is 0 Å². The van der Waals surface area contributed by atoms with Gasteiger partial charge in [-0.2, -0.15) is 0 Å². The number of phenols is 1. The molecule has 0 bridgehead atoms. The van der Waals surface area contributed by atoms with Gasteiger partial charge < -0.3 is 9.84 Å². The number of carbonyl (C=O) groups excluding carboxylic acids is 1. The normalized spacial score (nSPS) is 11.3. The second kappa shape index (κ2) is 5.08. The lowest BCUT2D eigenvalue weighted by Gasteiger charge is -2.26. The standard InChI is InChI=1S/C16H22O3/c1-9(2)13-12(5)14(18)10(3)11(4)15(13)19-16(6,7)8-17/h8,18H,1H2,2-7H3. The average molecular weight is 262 g/mol. The molecule has 1 rings (SSSR count). The number of aromatic hydroxyl groups is 1. The minimum absolute atomic E-state index is 0.256. The van der Waals surface area contributed by atoms with Gasteiger partial charge in [0.15, 0.2) is 11.9 Å². The Labute approximate surface area is 114 Å². The number of carbonyl (C=O) groups is 1. The number of benzene rings is 1. The Bertz CT molecular complexity index is 540. The van der Waals surface area contributed by atoms with Gasteiger partial charge in [0.2, 0.25) is 0 Å². The van der Waals surface area contributed by atoms with Crippen molar-refractivity contribution >= 4 is 11.9 Å². The number of hydrogen-bond acceptors (Lipinski definition) is 3. The molecule has 0 aromatic heterocycles. The molecule has 1 aromatic rings. The van der Waals surface area contributed by atoms with E-state index in [4.69, 9.17) is 4.74 Å². The summed E-state index contributed by atoms with van der Waals surface area (Å²) in [4.78, 5) is 11.1. The number of hydrogen-bond donors (Lipinski definition) is 1. The van der Waals surface area contributed by atoms with Gasteiger partial charge in [0.1, 0.15) is 11.5 Å². The van der Waals surface area contributed by atoms with E-state index in [1.54, 1.807) is 13.8 Å². The Morgan fingerprint density at radius 2 is 1.74 bits per heavy atom. The zero-order valence-electron chi connectivity index (χ0n) is 12.5. The molecule has 0 unspecified atom stereocenters. The third kappa shape index (κ3) is 2.80. The van der Waals surface area contributed by atoms with Gasteiger partial charge in [0, 0.05) is 11.1 Å². The molecule has 0 aliphatic rings. The van der Waals surface area contributed by atoms with E-state index in [0.29, 0.717) is 5.75 Å². The molecular weight excluding hydrogens is 240 g/mol. The largest absolute Gasteiger partial charge is 0.507 e. The zero-order chi connectivity index (χ0) is 15.0. The topological polar surface area (TPSA) is 46.5 Å². The van der Waals surface area contributed by atoms with Crippen LogP contribution in [0, 0.1) is 20.8 Å². The summed E-state index contributed by atoms with van der Waals surface area (Å²) >= 11 is 0. The fraction of sp³-hybridized carbons (Fsp3) is 0.438. The van der Waals surface area contributed by atoms with Crippen molar-refractivity contribution in [1.29, 1.82) is 0 Å². The second-order valence-electron chi connectivity index (χ2n) is 5.53. The van der Waals surface area contributed by atoms with Crippen molar-refractivity contribution in [1.82, 2.24) is 0 Å². The smallest absolute Gasteiger partial charge is 0.162 e. The van der Waals surface area contributed by atoms with Crippen molar-refractivity contribution in [3.05, 3.63) is 28.8 Å². The van der Waals surface area contributed by atoms with Crippen LogP contribution in [-0.2, 0) is 4.79 Å². The molecule has 3 heteroatoms. The monoisotopic (exact) mass is 262 g/mol. The van der Waals surface area contributed by atoms with E-state index in [9.17, 15) is 9.90 Å². The van der Waals surface area contributed by atoms with Gasteiger partial charge in [-0.1, -0.05) is 6.58 Å². The zero-order valence-corrected chi connectivity index (χ0v) is 12.5. The lowest BCUT2D eigenvalue weighted by Crippen LogP contribution is -2.30. The second-order valence-corrected chi connectivity index (χ2v) is 5.53. The molecule has 104 valence electrons. The first-order valence-corrected chi connectivity index (χ1v) is 6.26. The predicted molar refractivity (Wildman–Crippen MR) is 77.8 cm³/mol. The highest BCUT2D eigenvalue weighted by Crippen LogP contribution is 2.41. The van der Waals surface area contributed by atoms with Crippen molar-refractivity contribution < 1.29 is 14.6 Å². The van der Waals surface area contributed by atoms with Gasteiger partial charge >= 0.3 is 0 Å². The summed E-state index contributed by atoms with van der Waals surface area (Å²) in [7, 11) is 0. The lowest BCUT2D eigenvalue weighted by molar-refractivity contribution is -0.119. The minimum Gasteiger partial charge on any atom is -0.507 e. The lowest BCUT2D eigenvalue weighted by atomic mass is 9.93. The van der Waals surface area contributed by atoms with Crippen LogP contribution >= 0.6 is 0 Å². The number of ether oxygens (including phenoxy) is 1. The Morgan fingerprint density at radius 3 is 2.16 bits per heavy atom. The molecule has 0 aliphatic carbocycles. The maximum Gasteiger partial charge on any atom is 0.162 e. The van der Waals surface area contributed by atoms with Crippen LogP contribution in [0.15, 0.2) is 6.58 Å². The Kier molecular flexibility index (Phi) is 4.09. The summed E-state index contributed by atoms with van der Waals surface area (Å²) in [6.45, 7) is 14.7. The number of rotatable bonds is 4. The van der Waals surface area contributed by atoms with Crippen LogP contribution in [0.1, 0.15) is 43.0 Å². The molecular formula is C16H22O3. The SMILES string of the molecule is C=C(C)c1c(C)c(O)c(C)c(C)c1OC(C)(C)C=O. The van der Waals surface area contributed by atoms with Crippen LogP contribution in [0.25, 0.3) is 5.57 Å². The van der Waals surface area contributed by atoms with Crippen molar-refractivity contribution in [3.8, 4) is 11.5 Å². The molecule has 19 heavy (non-hydrogen) atoms. The molecule has 0 atom stereocenters. The van der Waals surface area contributed by atoms with E-state index in [1.807, 2.05) is 27.7 Å². The molecule has 1 aromatic carbocycles.